The quantitative estimate of drug-likeness (QED) is 0.469. The van der Waals surface area contributed by atoms with Crippen molar-refractivity contribution >= 4 is 12.2 Å². The molecule has 29 heavy (non-hydrogen) atoms. The van der Waals surface area contributed by atoms with Crippen LogP contribution in [-0.4, -0.2) is 16.7 Å². The van der Waals surface area contributed by atoms with E-state index in [2.05, 4.69) is 18.5 Å². The number of ether oxygens (including phenoxy) is 1. The van der Waals surface area contributed by atoms with E-state index in [1.807, 2.05) is 30.3 Å². The fraction of sp³-hybridized carbons (Fsp3) is 0.417. The standard InChI is InChI=1S/C24H32N2O3/c1-4-6-7-8-9-10-11-15-21-24(28)26(16-5-2)22(23(27)25-21)18-19-13-12-14-20(17-19)29-3/h5,12-15,17-18H,2,4,6-11,16H2,1,3H3,(H,25,27)/b21-15-,22-18-. The Bertz CT molecular complexity index is 1030. The van der Waals surface area contributed by atoms with Gasteiger partial charge in [0.1, 0.15) is 16.4 Å². The molecule has 5 heteroatoms. The smallest absolute Gasteiger partial charge is 0.274 e. The van der Waals surface area contributed by atoms with Gasteiger partial charge in [0.25, 0.3) is 11.1 Å². The minimum atomic E-state index is -0.288. The first-order chi connectivity index (χ1) is 14.1. The number of H-pyrrole nitrogens is 1. The van der Waals surface area contributed by atoms with Gasteiger partial charge in [-0.05, 0) is 36.6 Å². The molecule has 0 fully saturated rings. The number of rotatable bonds is 11. The van der Waals surface area contributed by atoms with Crippen molar-refractivity contribution in [2.75, 3.05) is 7.11 Å². The number of hydrogen-bond donors (Lipinski definition) is 1. The number of nitrogens with one attached hydrogen (secondary N) is 1. The highest BCUT2D eigenvalue weighted by Crippen LogP contribution is 2.12. The van der Waals surface area contributed by atoms with Gasteiger partial charge in [-0.1, -0.05) is 63.3 Å². The third kappa shape index (κ3) is 6.63. The van der Waals surface area contributed by atoms with Crippen molar-refractivity contribution in [1.29, 1.82) is 0 Å². The highest BCUT2D eigenvalue weighted by atomic mass is 16.5. The zero-order valence-electron chi connectivity index (χ0n) is 17.6. The summed E-state index contributed by atoms with van der Waals surface area (Å²) in [7, 11) is 1.59. The molecule has 0 aliphatic rings. The maximum atomic E-state index is 12.9. The average Bonchev–Trinajstić information content (AvgIpc) is 2.73. The first kappa shape index (κ1) is 22.5. The molecule has 0 aliphatic carbocycles. The second-order valence-corrected chi connectivity index (χ2v) is 7.14. The molecule has 0 amide bonds. The molecule has 1 N–H and O–H groups in total. The van der Waals surface area contributed by atoms with Crippen molar-refractivity contribution in [3.05, 3.63) is 73.9 Å². The van der Waals surface area contributed by atoms with E-state index in [-0.39, 0.29) is 17.7 Å². The van der Waals surface area contributed by atoms with Crippen molar-refractivity contribution in [3.63, 3.8) is 0 Å². The molecule has 1 aromatic carbocycles. The number of nitrogens with zero attached hydrogens (tertiary/aromatic N) is 1. The van der Waals surface area contributed by atoms with Crippen LogP contribution >= 0.6 is 0 Å². The molecule has 0 bridgehead atoms. The fourth-order valence-corrected chi connectivity index (χ4v) is 3.27. The maximum Gasteiger partial charge on any atom is 0.274 e. The largest absolute Gasteiger partial charge is 0.497 e. The van der Waals surface area contributed by atoms with Gasteiger partial charge in [0, 0.05) is 6.54 Å². The minimum absolute atomic E-state index is 0.204. The second-order valence-electron chi connectivity index (χ2n) is 7.14. The van der Waals surface area contributed by atoms with Crippen molar-refractivity contribution in [2.45, 2.75) is 58.4 Å². The predicted molar refractivity (Wildman–Crippen MR) is 120 cm³/mol. The summed E-state index contributed by atoms with van der Waals surface area (Å²) in [6, 6.07) is 7.36. The summed E-state index contributed by atoms with van der Waals surface area (Å²) in [6.07, 6.45) is 13.1. The lowest BCUT2D eigenvalue weighted by molar-refractivity contribution is 0.414. The summed E-state index contributed by atoms with van der Waals surface area (Å²) in [5.41, 5.74) is 0.295. The Kier molecular flexibility index (Phi) is 9.22. The van der Waals surface area contributed by atoms with Gasteiger partial charge in [0.2, 0.25) is 0 Å². The van der Waals surface area contributed by atoms with E-state index in [0.717, 1.165) is 24.8 Å². The topological polar surface area (TPSA) is 64.1 Å². The van der Waals surface area contributed by atoms with Crippen LogP contribution in [-0.2, 0) is 6.54 Å². The molecule has 0 aliphatic heterocycles. The van der Waals surface area contributed by atoms with E-state index in [0.29, 0.717) is 16.4 Å². The van der Waals surface area contributed by atoms with Crippen LogP contribution in [0.1, 0.15) is 57.4 Å². The molecule has 2 rings (SSSR count). The van der Waals surface area contributed by atoms with E-state index >= 15 is 0 Å². The number of hydrogen-bond acceptors (Lipinski definition) is 3. The first-order valence-electron chi connectivity index (χ1n) is 10.4. The van der Waals surface area contributed by atoms with Gasteiger partial charge >= 0.3 is 0 Å². The van der Waals surface area contributed by atoms with Crippen LogP contribution in [0.4, 0.5) is 0 Å². The number of allylic oxidation sites excluding steroid dienone is 1. The number of methoxy groups -OCH3 is 1. The maximum absolute atomic E-state index is 12.9. The molecule has 1 heterocycles. The van der Waals surface area contributed by atoms with Crippen molar-refractivity contribution in [3.8, 4) is 5.75 Å². The zero-order chi connectivity index (χ0) is 21.1. The van der Waals surface area contributed by atoms with Crippen molar-refractivity contribution < 1.29 is 4.74 Å². The fourth-order valence-electron chi connectivity index (χ4n) is 3.27. The molecular formula is C24H32N2O3. The third-order valence-corrected chi connectivity index (χ3v) is 4.86. The van der Waals surface area contributed by atoms with Gasteiger partial charge in [-0.15, -0.1) is 6.58 Å². The van der Waals surface area contributed by atoms with Gasteiger partial charge in [-0.2, -0.15) is 0 Å². The lowest BCUT2D eigenvalue weighted by Crippen LogP contribution is -2.53. The van der Waals surface area contributed by atoms with E-state index in [1.165, 1.54) is 30.3 Å². The Labute approximate surface area is 172 Å². The van der Waals surface area contributed by atoms with Crippen LogP contribution in [0.2, 0.25) is 0 Å². The molecule has 0 saturated carbocycles. The van der Waals surface area contributed by atoms with Crippen LogP contribution in [0.15, 0.2) is 46.5 Å². The Hall–Kier alpha value is -2.82. The van der Waals surface area contributed by atoms with Gasteiger partial charge in [-0.25, -0.2) is 0 Å². The molecule has 0 radical (unpaired) electrons. The zero-order valence-corrected chi connectivity index (χ0v) is 17.6. The van der Waals surface area contributed by atoms with E-state index in [4.69, 9.17) is 4.74 Å². The summed E-state index contributed by atoms with van der Waals surface area (Å²) in [5.74, 6) is 0.691. The van der Waals surface area contributed by atoms with Gasteiger partial charge < -0.3 is 9.72 Å². The lowest BCUT2D eigenvalue weighted by atomic mass is 10.1. The molecule has 5 nitrogen and oxygen atoms in total. The number of unbranched alkanes of at least 4 members (excludes halogenated alkanes) is 6. The number of aromatic amines is 1. The Morgan fingerprint density at radius 1 is 1.14 bits per heavy atom. The van der Waals surface area contributed by atoms with Crippen LogP contribution in [0.25, 0.3) is 12.2 Å². The monoisotopic (exact) mass is 396 g/mol. The summed E-state index contributed by atoms with van der Waals surface area (Å²) < 4.78 is 6.70. The van der Waals surface area contributed by atoms with Crippen LogP contribution in [0.3, 0.4) is 0 Å². The number of benzene rings is 1. The lowest BCUT2D eigenvalue weighted by Gasteiger charge is -2.05. The van der Waals surface area contributed by atoms with Crippen LogP contribution < -0.4 is 26.6 Å². The summed E-state index contributed by atoms with van der Waals surface area (Å²) >= 11 is 0. The normalized spacial score (nSPS) is 12.3. The molecule has 0 spiro atoms. The van der Waals surface area contributed by atoms with Gasteiger partial charge in [0.15, 0.2) is 0 Å². The second kappa shape index (κ2) is 11.9. The molecule has 0 unspecified atom stereocenters. The van der Waals surface area contributed by atoms with Gasteiger partial charge in [0.05, 0.1) is 7.11 Å². The highest BCUT2D eigenvalue weighted by molar-refractivity contribution is 5.50. The van der Waals surface area contributed by atoms with E-state index in [1.54, 1.807) is 19.3 Å². The molecule has 0 atom stereocenters. The molecule has 2 aromatic rings. The van der Waals surface area contributed by atoms with E-state index < -0.39 is 0 Å². The average molecular weight is 397 g/mol. The van der Waals surface area contributed by atoms with Gasteiger partial charge in [-0.3, -0.25) is 14.2 Å². The SMILES string of the molecule is C=CCn1c(=O)/c(=C/CCCCCCCC)[nH]c(=O)/c1=C/c1cccc(OC)c1. The third-order valence-electron chi connectivity index (χ3n) is 4.86. The highest BCUT2D eigenvalue weighted by Gasteiger charge is 2.04. The number of aromatic nitrogens is 2. The van der Waals surface area contributed by atoms with E-state index in [9.17, 15) is 9.59 Å². The van der Waals surface area contributed by atoms with Crippen LogP contribution in [0, 0.1) is 0 Å². The van der Waals surface area contributed by atoms with Crippen LogP contribution in [0.5, 0.6) is 5.75 Å². The Balaban J connectivity index is 2.35. The predicted octanol–water partition coefficient (Wildman–Crippen LogP) is 3.09. The molecular weight excluding hydrogens is 364 g/mol. The van der Waals surface area contributed by atoms with Crippen molar-refractivity contribution in [2.24, 2.45) is 0 Å². The Morgan fingerprint density at radius 2 is 1.90 bits per heavy atom. The van der Waals surface area contributed by atoms with Crippen molar-refractivity contribution in [1.82, 2.24) is 9.55 Å². The minimum Gasteiger partial charge on any atom is -0.497 e. The summed E-state index contributed by atoms with van der Waals surface area (Å²) in [6.45, 7) is 6.20. The molecule has 156 valence electrons. The molecule has 0 saturated heterocycles. The summed E-state index contributed by atoms with van der Waals surface area (Å²) in [4.78, 5) is 28.4. The molecule has 1 aromatic heterocycles. The summed E-state index contributed by atoms with van der Waals surface area (Å²) in [5, 5.41) is 0.660. The first-order valence-corrected chi connectivity index (χ1v) is 10.4. The Morgan fingerprint density at radius 3 is 2.62 bits per heavy atom.